The molecule has 1 aliphatic rings. The second-order valence-electron chi connectivity index (χ2n) is 6.29. The number of carbonyl (C=O) groups is 3. The Morgan fingerprint density at radius 3 is 2.78 bits per heavy atom. The number of amides is 2. The van der Waals surface area contributed by atoms with Crippen LogP contribution in [-0.2, 0) is 25.5 Å². The van der Waals surface area contributed by atoms with Gasteiger partial charge in [0.25, 0.3) is 0 Å². The summed E-state index contributed by atoms with van der Waals surface area (Å²) in [6.07, 6.45) is 1.77. The van der Waals surface area contributed by atoms with E-state index in [1.54, 1.807) is 4.90 Å². The Labute approximate surface area is 164 Å². The predicted octanol–water partition coefficient (Wildman–Crippen LogP) is 1.16. The molecule has 7 nitrogen and oxygen atoms in total. The number of nitrogens with zero attached hydrogens (tertiary/aromatic N) is 1. The molecule has 0 spiro atoms. The zero-order valence-corrected chi connectivity index (χ0v) is 16.2. The summed E-state index contributed by atoms with van der Waals surface area (Å²) >= 11 is 5.32. The molecule has 0 unspecified atom stereocenters. The van der Waals surface area contributed by atoms with Gasteiger partial charge in [0.2, 0.25) is 11.8 Å². The first-order valence-corrected chi connectivity index (χ1v) is 9.49. The van der Waals surface area contributed by atoms with E-state index in [0.717, 1.165) is 18.4 Å². The molecule has 8 heteroatoms. The van der Waals surface area contributed by atoms with Crippen LogP contribution in [0.15, 0.2) is 30.3 Å². The predicted molar refractivity (Wildman–Crippen MR) is 105 cm³/mol. The van der Waals surface area contributed by atoms with E-state index in [1.165, 1.54) is 0 Å². The van der Waals surface area contributed by atoms with Crippen LogP contribution in [0.1, 0.15) is 31.7 Å². The number of carbonyl (C=O) groups excluding carboxylic acids is 3. The van der Waals surface area contributed by atoms with E-state index in [9.17, 15) is 14.4 Å². The summed E-state index contributed by atoms with van der Waals surface area (Å²) in [5.74, 6) is -1.01. The summed E-state index contributed by atoms with van der Waals surface area (Å²) in [7, 11) is 0. The minimum atomic E-state index is -0.780. The summed E-state index contributed by atoms with van der Waals surface area (Å²) in [5, 5.41) is 5.53. The normalized spacial score (nSPS) is 16.4. The number of hydrogen-bond acceptors (Lipinski definition) is 5. The molecule has 1 aliphatic heterocycles. The van der Waals surface area contributed by atoms with Gasteiger partial charge in [0.15, 0.2) is 5.11 Å². The van der Waals surface area contributed by atoms with Crippen LogP contribution in [0.4, 0.5) is 0 Å². The monoisotopic (exact) mass is 391 g/mol. The Balaban J connectivity index is 1.93. The van der Waals surface area contributed by atoms with Gasteiger partial charge in [0.05, 0.1) is 19.4 Å². The van der Waals surface area contributed by atoms with Gasteiger partial charge in [0.1, 0.15) is 6.04 Å². The number of benzene rings is 1. The third-order valence-corrected chi connectivity index (χ3v) is 4.50. The van der Waals surface area contributed by atoms with E-state index >= 15 is 0 Å². The maximum atomic E-state index is 12.2. The van der Waals surface area contributed by atoms with Gasteiger partial charge in [-0.2, -0.15) is 0 Å². The quantitative estimate of drug-likeness (QED) is 0.412. The van der Waals surface area contributed by atoms with E-state index in [1.807, 2.05) is 37.3 Å². The minimum absolute atomic E-state index is 0.107. The molecule has 2 amide bonds. The second-order valence-corrected chi connectivity index (χ2v) is 6.68. The fourth-order valence-electron chi connectivity index (χ4n) is 2.72. The van der Waals surface area contributed by atoms with Crippen molar-refractivity contribution in [2.24, 2.45) is 0 Å². The van der Waals surface area contributed by atoms with Crippen LogP contribution < -0.4 is 10.6 Å². The molecular weight excluding hydrogens is 366 g/mol. The highest BCUT2D eigenvalue weighted by Crippen LogP contribution is 2.11. The van der Waals surface area contributed by atoms with E-state index in [0.29, 0.717) is 19.7 Å². The topological polar surface area (TPSA) is 87.7 Å². The summed E-state index contributed by atoms with van der Waals surface area (Å²) in [5.41, 5.74) is 0.866. The van der Waals surface area contributed by atoms with Crippen LogP contribution >= 0.6 is 12.2 Å². The molecule has 1 aromatic rings. The van der Waals surface area contributed by atoms with Gasteiger partial charge in [-0.25, -0.2) is 0 Å². The fourth-order valence-corrected chi connectivity index (χ4v) is 3.06. The number of thiocarbonyl (C=S) groups is 1. The Bertz CT molecular complexity index is 681. The Hall–Kier alpha value is -2.48. The van der Waals surface area contributed by atoms with Crippen molar-refractivity contribution in [1.29, 1.82) is 0 Å². The van der Waals surface area contributed by atoms with Gasteiger partial charge >= 0.3 is 5.97 Å². The first kappa shape index (κ1) is 20.8. The molecule has 1 fully saturated rings. The van der Waals surface area contributed by atoms with Crippen molar-refractivity contribution in [3.63, 3.8) is 0 Å². The molecule has 2 rings (SSSR count). The van der Waals surface area contributed by atoms with Crippen molar-refractivity contribution in [3.05, 3.63) is 35.9 Å². The molecule has 0 radical (unpaired) electrons. The molecule has 27 heavy (non-hydrogen) atoms. The van der Waals surface area contributed by atoms with Gasteiger partial charge in [-0.15, -0.1) is 0 Å². The molecule has 0 saturated carbocycles. The van der Waals surface area contributed by atoms with E-state index in [-0.39, 0.29) is 29.8 Å². The number of unbranched alkanes of at least 4 members (excludes halogenated alkanes) is 1. The number of piperazine rings is 1. The lowest BCUT2D eigenvalue weighted by atomic mass is 10.1. The number of ether oxygens (including phenoxy) is 1. The van der Waals surface area contributed by atoms with Crippen molar-refractivity contribution in [2.75, 3.05) is 19.7 Å². The van der Waals surface area contributed by atoms with Crippen molar-refractivity contribution < 1.29 is 19.1 Å². The third kappa shape index (κ3) is 6.63. The highest BCUT2D eigenvalue weighted by Gasteiger charge is 2.34. The lowest BCUT2D eigenvalue weighted by molar-refractivity contribution is -0.147. The van der Waals surface area contributed by atoms with Crippen LogP contribution in [0.25, 0.3) is 0 Å². The lowest BCUT2D eigenvalue weighted by Crippen LogP contribution is -2.60. The van der Waals surface area contributed by atoms with Gasteiger partial charge in [-0.05, 0) is 24.2 Å². The van der Waals surface area contributed by atoms with E-state index in [2.05, 4.69) is 10.6 Å². The zero-order valence-electron chi connectivity index (χ0n) is 15.4. The minimum Gasteiger partial charge on any atom is -0.466 e. The number of rotatable bonds is 7. The fraction of sp³-hybridized carbons (Fsp3) is 0.474. The van der Waals surface area contributed by atoms with E-state index < -0.39 is 12.0 Å². The SMILES string of the molecule is CCCCOC(=O)C[C@H]1C(=O)NCCN1C(=S)NC(=O)Cc1ccccc1. The highest BCUT2D eigenvalue weighted by molar-refractivity contribution is 7.80. The molecule has 1 heterocycles. The number of hydrogen-bond donors (Lipinski definition) is 2. The molecule has 0 aliphatic carbocycles. The van der Waals surface area contributed by atoms with Gasteiger partial charge < -0.3 is 20.3 Å². The van der Waals surface area contributed by atoms with Crippen molar-refractivity contribution >= 4 is 35.1 Å². The molecule has 146 valence electrons. The smallest absolute Gasteiger partial charge is 0.308 e. The van der Waals surface area contributed by atoms with Crippen LogP contribution in [-0.4, -0.2) is 53.5 Å². The van der Waals surface area contributed by atoms with Crippen LogP contribution in [0, 0.1) is 0 Å². The van der Waals surface area contributed by atoms with E-state index in [4.69, 9.17) is 17.0 Å². The van der Waals surface area contributed by atoms with Gasteiger partial charge in [-0.3, -0.25) is 14.4 Å². The molecule has 0 aromatic heterocycles. The Morgan fingerprint density at radius 2 is 2.07 bits per heavy atom. The number of nitrogens with one attached hydrogen (secondary N) is 2. The van der Waals surface area contributed by atoms with Gasteiger partial charge in [0, 0.05) is 13.1 Å². The third-order valence-electron chi connectivity index (χ3n) is 4.17. The van der Waals surface area contributed by atoms with Crippen LogP contribution in [0.3, 0.4) is 0 Å². The Kier molecular flexibility index (Phi) is 8.19. The van der Waals surface area contributed by atoms with Crippen molar-refractivity contribution in [1.82, 2.24) is 15.5 Å². The Morgan fingerprint density at radius 1 is 1.33 bits per heavy atom. The average molecular weight is 391 g/mol. The van der Waals surface area contributed by atoms with Crippen LogP contribution in [0.2, 0.25) is 0 Å². The molecule has 2 N–H and O–H groups in total. The van der Waals surface area contributed by atoms with Crippen molar-refractivity contribution in [2.45, 2.75) is 38.6 Å². The van der Waals surface area contributed by atoms with Crippen LogP contribution in [0.5, 0.6) is 0 Å². The second kappa shape index (κ2) is 10.6. The molecular formula is C19H25N3O4S. The standard InChI is InChI=1S/C19H25N3O4S/c1-2-3-11-26-17(24)13-15-18(25)20-9-10-22(15)19(27)21-16(23)12-14-7-5-4-6-8-14/h4-8,15H,2-3,9-13H2,1H3,(H,20,25)(H,21,23,27)/t15-/m0/s1. The maximum absolute atomic E-state index is 12.2. The first-order chi connectivity index (χ1) is 13.0. The largest absolute Gasteiger partial charge is 0.466 e. The first-order valence-electron chi connectivity index (χ1n) is 9.09. The average Bonchev–Trinajstić information content (AvgIpc) is 2.64. The lowest BCUT2D eigenvalue weighted by Gasteiger charge is -2.36. The number of esters is 1. The molecule has 0 bridgehead atoms. The zero-order chi connectivity index (χ0) is 19.6. The highest BCUT2D eigenvalue weighted by atomic mass is 32.1. The maximum Gasteiger partial charge on any atom is 0.308 e. The van der Waals surface area contributed by atoms with Crippen molar-refractivity contribution in [3.8, 4) is 0 Å². The summed E-state index contributed by atoms with van der Waals surface area (Å²) in [4.78, 5) is 38.0. The molecule has 1 saturated heterocycles. The summed E-state index contributed by atoms with van der Waals surface area (Å²) in [6.45, 7) is 3.15. The molecule has 1 aromatic carbocycles. The van der Waals surface area contributed by atoms with Gasteiger partial charge in [-0.1, -0.05) is 43.7 Å². The molecule has 1 atom stereocenters. The summed E-state index contributed by atoms with van der Waals surface area (Å²) < 4.78 is 5.15. The summed E-state index contributed by atoms with van der Waals surface area (Å²) in [6, 6.07) is 8.52.